The maximum Gasteiger partial charge on any atom is 0.138 e. The van der Waals surface area contributed by atoms with Crippen LogP contribution in [0, 0.1) is 3.57 Å². The third-order valence-corrected chi connectivity index (χ3v) is 7.97. The molecule has 2 saturated carbocycles. The molecule has 2 aliphatic carbocycles. The normalized spacial score (nSPS) is 18.2. The number of aromatic amines is 2. The van der Waals surface area contributed by atoms with Crippen molar-refractivity contribution in [3.8, 4) is 0 Å². The maximum absolute atomic E-state index is 4.52. The second-order valence-electron chi connectivity index (χ2n) is 9.16. The summed E-state index contributed by atoms with van der Waals surface area (Å²) < 4.78 is 1.28. The number of aromatic nitrogens is 4. The molecule has 4 nitrogen and oxygen atoms in total. The number of pyridine rings is 2. The Kier molecular flexibility index (Phi) is 6.58. The largest absolute Gasteiger partial charge is 0.346 e. The molecule has 4 aromatic rings. The lowest BCUT2D eigenvalue weighted by Crippen LogP contribution is -2.04. The van der Waals surface area contributed by atoms with Crippen LogP contribution in [0.15, 0.2) is 43.0 Å². The van der Waals surface area contributed by atoms with Gasteiger partial charge in [-0.1, -0.05) is 38.5 Å². The Morgan fingerprint density at radius 1 is 0.742 bits per heavy atom. The molecule has 31 heavy (non-hydrogen) atoms. The van der Waals surface area contributed by atoms with Crippen LogP contribution in [-0.2, 0) is 0 Å². The summed E-state index contributed by atoms with van der Waals surface area (Å²) in [5.74, 6) is 1.50. The van der Waals surface area contributed by atoms with E-state index in [-0.39, 0.29) is 0 Å². The highest BCUT2D eigenvalue weighted by Gasteiger charge is 2.17. The van der Waals surface area contributed by atoms with Gasteiger partial charge in [0.2, 0.25) is 0 Å². The standard InChI is InChI=1S/C13H15IN2.C13H16N2/c14-12-8-16-13-11(12)6-10(7-15-13)9-4-2-1-3-5-9;1-2-4-10(5-3-1)12-8-11-6-7-14-13(11)15-9-12/h6-9H,1-5H2,(H,15,16);6-10H,1-5H2,(H,14,15). The Balaban J connectivity index is 0.000000132. The fraction of sp³-hybridized carbons (Fsp3) is 0.462. The van der Waals surface area contributed by atoms with E-state index < -0.39 is 0 Å². The molecule has 0 aliphatic heterocycles. The van der Waals surface area contributed by atoms with E-state index in [0.29, 0.717) is 0 Å². The number of nitrogens with one attached hydrogen (secondary N) is 2. The maximum atomic E-state index is 4.52. The van der Waals surface area contributed by atoms with E-state index in [4.69, 9.17) is 0 Å². The Morgan fingerprint density at radius 2 is 1.35 bits per heavy atom. The van der Waals surface area contributed by atoms with Crippen LogP contribution >= 0.6 is 22.6 Å². The highest BCUT2D eigenvalue weighted by Crippen LogP contribution is 2.34. The zero-order valence-electron chi connectivity index (χ0n) is 18.0. The number of halogens is 1. The summed E-state index contributed by atoms with van der Waals surface area (Å²) in [7, 11) is 0. The van der Waals surface area contributed by atoms with Crippen molar-refractivity contribution < 1.29 is 0 Å². The summed E-state index contributed by atoms with van der Waals surface area (Å²) in [6, 6.07) is 6.74. The van der Waals surface area contributed by atoms with Crippen LogP contribution < -0.4 is 0 Å². The topological polar surface area (TPSA) is 57.4 Å². The highest BCUT2D eigenvalue weighted by molar-refractivity contribution is 14.1. The molecule has 0 saturated heterocycles. The van der Waals surface area contributed by atoms with Crippen molar-refractivity contribution in [2.75, 3.05) is 0 Å². The first-order chi connectivity index (χ1) is 15.3. The number of hydrogen-bond acceptors (Lipinski definition) is 2. The van der Waals surface area contributed by atoms with Gasteiger partial charge in [-0.3, -0.25) is 0 Å². The first-order valence-electron chi connectivity index (χ1n) is 11.8. The molecule has 6 rings (SSSR count). The monoisotopic (exact) mass is 526 g/mol. The lowest BCUT2D eigenvalue weighted by molar-refractivity contribution is 0.443. The quantitative estimate of drug-likeness (QED) is 0.262. The van der Waals surface area contributed by atoms with Gasteiger partial charge >= 0.3 is 0 Å². The molecule has 162 valence electrons. The van der Waals surface area contributed by atoms with E-state index in [1.807, 2.05) is 12.4 Å². The molecule has 2 N–H and O–H groups in total. The van der Waals surface area contributed by atoms with Gasteiger partial charge in [-0.05, 0) is 89.4 Å². The summed E-state index contributed by atoms with van der Waals surface area (Å²) in [6.07, 6.45) is 21.8. The molecular formula is C26H31IN4. The number of H-pyrrole nitrogens is 2. The molecule has 0 atom stereocenters. The van der Waals surface area contributed by atoms with Crippen LogP contribution in [0.4, 0.5) is 0 Å². The Labute approximate surface area is 197 Å². The molecule has 2 aliphatic rings. The van der Waals surface area contributed by atoms with E-state index in [9.17, 15) is 0 Å². The van der Waals surface area contributed by atoms with E-state index in [2.05, 4.69) is 73.1 Å². The first kappa shape index (κ1) is 21.0. The van der Waals surface area contributed by atoms with Crippen molar-refractivity contribution in [2.45, 2.75) is 76.0 Å². The van der Waals surface area contributed by atoms with Crippen LogP contribution in [0.3, 0.4) is 0 Å². The van der Waals surface area contributed by atoms with Crippen molar-refractivity contribution in [1.82, 2.24) is 19.9 Å². The van der Waals surface area contributed by atoms with Crippen molar-refractivity contribution in [2.24, 2.45) is 0 Å². The molecule has 5 heteroatoms. The van der Waals surface area contributed by atoms with E-state index >= 15 is 0 Å². The zero-order chi connectivity index (χ0) is 21.0. The average Bonchev–Trinajstić information content (AvgIpc) is 3.46. The minimum atomic E-state index is 0.747. The number of rotatable bonds is 2. The fourth-order valence-corrected chi connectivity index (χ4v) is 5.83. The van der Waals surface area contributed by atoms with Crippen molar-refractivity contribution in [3.63, 3.8) is 0 Å². The van der Waals surface area contributed by atoms with Gasteiger partial charge in [-0.25, -0.2) is 9.97 Å². The summed E-state index contributed by atoms with van der Waals surface area (Å²) in [4.78, 5) is 15.3. The van der Waals surface area contributed by atoms with Crippen molar-refractivity contribution in [1.29, 1.82) is 0 Å². The highest BCUT2D eigenvalue weighted by atomic mass is 127. The van der Waals surface area contributed by atoms with Crippen LogP contribution in [0.5, 0.6) is 0 Å². The number of fused-ring (bicyclic) bond motifs is 2. The lowest BCUT2D eigenvalue weighted by atomic mass is 9.84. The van der Waals surface area contributed by atoms with E-state index in [1.165, 1.54) is 89.7 Å². The molecule has 0 bridgehead atoms. The Morgan fingerprint density at radius 3 is 2.03 bits per heavy atom. The molecule has 4 heterocycles. The van der Waals surface area contributed by atoms with Gasteiger partial charge < -0.3 is 9.97 Å². The third-order valence-electron chi connectivity index (χ3n) is 7.08. The summed E-state index contributed by atoms with van der Waals surface area (Å²) in [5, 5.41) is 2.53. The van der Waals surface area contributed by atoms with Crippen LogP contribution in [0.1, 0.15) is 87.2 Å². The molecule has 0 spiro atoms. The van der Waals surface area contributed by atoms with E-state index in [0.717, 1.165) is 23.1 Å². The molecule has 4 aromatic heterocycles. The Bertz CT molecular complexity index is 1130. The second kappa shape index (κ2) is 9.72. The SMILES string of the molecule is Ic1c[nH]c2ncc(C3CCCCC3)cc12.c1cc2cc(C3CCCCC3)cnc2[nH]1. The summed E-state index contributed by atoms with van der Waals surface area (Å²) >= 11 is 2.37. The van der Waals surface area contributed by atoms with Gasteiger partial charge in [0.05, 0.1) is 0 Å². The smallest absolute Gasteiger partial charge is 0.138 e. The van der Waals surface area contributed by atoms with Crippen molar-refractivity contribution >= 4 is 44.7 Å². The van der Waals surface area contributed by atoms with Gasteiger partial charge in [0.15, 0.2) is 0 Å². The minimum Gasteiger partial charge on any atom is -0.346 e. The molecule has 2 fully saturated rings. The molecule has 0 amide bonds. The predicted octanol–water partition coefficient (Wildman–Crippen LogP) is 7.83. The molecule has 0 radical (unpaired) electrons. The molecule has 0 aromatic carbocycles. The van der Waals surface area contributed by atoms with Gasteiger partial charge in [-0.15, -0.1) is 0 Å². The van der Waals surface area contributed by atoms with E-state index in [1.54, 1.807) is 0 Å². The van der Waals surface area contributed by atoms with Crippen LogP contribution in [-0.4, -0.2) is 19.9 Å². The second-order valence-corrected chi connectivity index (χ2v) is 10.3. The van der Waals surface area contributed by atoms with Crippen LogP contribution in [0.2, 0.25) is 0 Å². The fourth-order valence-electron chi connectivity index (χ4n) is 5.26. The predicted molar refractivity (Wildman–Crippen MR) is 137 cm³/mol. The van der Waals surface area contributed by atoms with Gasteiger partial charge in [0.1, 0.15) is 11.3 Å². The number of hydrogen-bond donors (Lipinski definition) is 2. The zero-order valence-corrected chi connectivity index (χ0v) is 20.2. The van der Waals surface area contributed by atoms with Gasteiger partial charge in [0.25, 0.3) is 0 Å². The van der Waals surface area contributed by atoms with Gasteiger partial charge in [-0.2, -0.15) is 0 Å². The van der Waals surface area contributed by atoms with Crippen molar-refractivity contribution in [3.05, 3.63) is 57.7 Å². The first-order valence-corrected chi connectivity index (χ1v) is 12.9. The molecule has 0 unspecified atom stereocenters. The summed E-state index contributed by atoms with van der Waals surface area (Å²) in [5.41, 5.74) is 4.89. The number of nitrogens with zero attached hydrogens (tertiary/aromatic N) is 2. The summed E-state index contributed by atoms with van der Waals surface area (Å²) in [6.45, 7) is 0. The lowest BCUT2D eigenvalue weighted by Gasteiger charge is -2.21. The Hall–Kier alpha value is -1.89. The van der Waals surface area contributed by atoms with Gasteiger partial charge in [0, 0.05) is 39.1 Å². The third kappa shape index (κ3) is 4.81. The minimum absolute atomic E-state index is 0.747. The van der Waals surface area contributed by atoms with Crippen LogP contribution in [0.25, 0.3) is 22.1 Å². The average molecular weight is 526 g/mol. The molecular weight excluding hydrogens is 495 g/mol.